The quantitative estimate of drug-likeness (QED) is 0.551. The fourth-order valence-corrected chi connectivity index (χ4v) is 4.25. The van der Waals surface area contributed by atoms with Crippen molar-refractivity contribution in [2.75, 3.05) is 62.2 Å². The first kappa shape index (κ1) is 25.4. The van der Waals surface area contributed by atoms with E-state index in [1.165, 1.54) is 24.8 Å². The Morgan fingerprint density at radius 1 is 1.17 bits per heavy atom. The second kappa shape index (κ2) is 11.3. The van der Waals surface area contributed by atoms with Crippen LogP contribution in [-0.2, 0) is 19.1 Å². The number of benzene rings is 1. The summed E-state index contributed by atoms with van der Waals surface area (Å²) in [6.07, 6.45) is 0.584. The Morgan fingerprint density at radius 2 is 1.94 bits per heavy atom. The van der Waals surface area contributed by atoms with Gasteiger partial charge in [-0.3, -0.25) is 19.4 Å². The van der Waals surface area contributed by atoms with Gasteiger partial charge in [-0.2, -0.15) is 0 Å². The number of halogens is 1. The number of ether oxygens (including phenoxy) is 2. The lowest BCUT2D eigenvalue weighted by Gasteiger charge is -2.35. The van der Waals surface area contributed by atoms with Crippen molar-refractivity contribution in [3.05, 3.63) is 42.3 Å². The number of nitrogens with one attached hydrogen (secondary N) is 1. The van der Waals surface area contributed by atoms with E-state index in [9.17, 15) is 14.4 Å². The summed E-state index contributed by atoms with van der Waals surface area (Å²) in [5, 5.41) is 2.62. The van der Waals surface area contributed by atoms with Gasteiger partial charge in [0.15, 0.2) is 0 Å². The van der Waals surface area contributed by atoms with Gasteiger partial charge in [-0.1, -0.05) is 0 Å². The number of anilines is 2. The molecule has 36 heavy (non-hydrogen) atoms. The van der Waals surface area contributed by atoms with Crippen molar-refractivity contribution in [3.63, 3.8) is 0 Å². The van der Waals surface area contributed by atoms with Gasteiger partial charge in [0.25, 0.3) is 0 Å². The van der Waals surface area contributed by atoms with Gasteiger partial charge < -0.3 is 19.7 Å². The van der Waals surface area contributed by atoms with Crippen molar-refractivity contribution in [2.24, 2.45) is 0 Å². The van der Waals surface area contributed by atoms with E-state index >= 15 is 4.39 Å². The molecule has 2 aliphatic rings. The molecule has 3 heterocycles. The Hall–Kier alpha value is -3.73. The summed E-state index contributed by atoms with van der Waals surface area (Å²) in [6.45, 7) is 7.60. The standard InChI is InChI=1S/C25H30FN5O5/c1-17(32)27-15-21-16-31(25(34)36-21)20-4-5-22(23(26)13-20)19-3-6-24(28-14-19)30-9-7-29(8-10-30)11-12-35-18(2)33/h3-6,13-14,21H,7-12,15-16H2,1-2H3,(H,27,32)/t21-/m0/s1. The van der Waals surface area contributed by atoms with Gasteiger partial charge in [0.05, 0.1) is 18.8 Å². The number of aromatic nitrogens is 1. The van der Waals surface area contributed by atoms with Crippen LogP contribution in [-0.4, -0.2) is 86.4 Å². The maximum absolute atomic E-state index is 15.0. The van der Waals surface area contributed by atoms with Gasteiger partial charge >= 0.3 is 12.1 Å². The van der Waals surface area contributed by atoms with E-state index in [-0.39, 0.29) is 25.0 Å². The third kappa shape index (κ3) is 6.28. The second-order valence-corrected chi connectivity index (χ2v) is 8.79. The highest BCUT2D eigenvalue weighted by atomic mass is 19.1. The molecule has 2 aromatic rings. The number of hydrogen-bond donors (Lipinski definition) is 1. The predicted molar refractivity (Wildman–Crippen MR) is 131 cm³/mol. The first-order valence-corrected chi connectivity index (χ1v) is 11.9. The van der Waals surface area contributed by atoms with Gasteiger partial charge in [0, 0.05) is 63.9 Å². The van der Waals surface area contributed by atoms with Crippen LogP contribution in [0.5, 0.6) is 0 Å². The molecule has 11 heteroatoms. The molecule has 2 amide bonds. The molecule has 1 N–H and O–H groups in total. The zero-order valence-electron chi connectivity index (χ0n) is 20.4. The Labute approximate surface area is 209 Å². The van der Waals surface area contributed by atoms with Crippen molar-refractivity contribution in [2.45, 2.75) is 20.0 Å². The lowest BCUT2D eigenvalue weighted by Crippen LogP contribution is -2.47. The molecule has 2 saturated heterocycles. The average molecular weight is 500 g/mol. The Morgan fingerprint density at radius 3 is 2.58 bits per heavy atom. The van der Waals surface area contributed by atoms with Gasteiger partial charge in [0.2, 0.25) is 5.91 Å². The molecule has 1 aromatic heterocycles. The van der Waals surface area contributed by atoms with E-state index < -0.39 is 18.0 Å². The zero-order valence-corrected chi connectivity index (χ0v) is 20.4. The van der Waals surface area contributed by atoms with Crippen LogP contribution in [0.25, 0.3) is 11.1 Å². The SMILES string of the molecule is CC(=O)NC[C@H]1CN(c2ccc(-c3ccc(N4CCN(CCOC(C)=O)CC4)nc3)c(F)c2)C(=O)O1. The van der Waals surface area contributed by atoms with Crippen molar-refractivity contribution >= 4 is 29.5 Å². The molecule has 192 valence electrons. The smallest absolute Gasteiger partial charge is 0.414 e. The molecule has 0 aliphatic carbocycles. The molecular weight excluding hydrogens is 469 g/mol. The van der Waals surface area contributed by atoms with Crippen molar-refractivity contribution < 1.29 is 28.2 Å². The summed E-state index contributed by atoms with van der Waals surface area (Å²) < 4.78 is 25.3. The Balaban J connectivity index is 1.35. The molecule has 1 aromatic carbocycles. The number of carbonyl (C=O) groups excluding carboxylic acids is 3. The van der Waals surface area contributed by atoms with Crippen LogP contribution in [0.15, 0.2) is 36.5 Å². The number of carbonyl (C=O) groups is 3. The fourth-order valence-electron chi connectivity index (χ4n) is 4.25. The first-order chi connectivity index (χ1) is 17.3. The third-order valence-corrected chi connectivity index (χ3v) is 6.19. The minimum atomic E-state index is -0.574. The number of amides is 2. The van der Waals surface area contributed by atoms with Crippen LogP contribution in [0.2, 0.25) is 0 Å². The summed E-state index contributed by atoms with van der Waals surface area (Å²) in [5.74, 6) is -0.130. The van der Waals surface area contributed by atoms with E-state index in [2.05, 4.69) is 20.1 Å². The Kier molecular flexibility index (Phi) is 7.99. The molecule has 0 radical (unpaired) electrons. The maximum Gasteiger partial charge on any atom is 0.414 e. The average Bonchev–Trinajstić information content (AvgIpc) is 3.23. The predicted octanol–water partition coefficient (Wildman–Crippen LogP) is 2.03. The molecule has 10 nitrogen and oxygen atoms in total. The highest BCUT2D eigenvalue weighted by Gasteiger charge is 2.32. The number of cyclic esters (lactones) is 1. The van der Waals surface area contributed by atoms with Gasteiger partial charge in [-0.05, 0) is 30.3 Å². The normalized spacial score (nSPS) is 18.2. The molecule has 4 rings (SSSR count). The van der Waals surface area contributed by atoms with Gasteiger partial charge in [-0.25, -0.2) is 14.2 Å². The third-order valence-electron chi connectivity index (χ3n) is 6.19. The molecule has 0 saturated carbocycles. The molecule has 2 fully saturated rings. The summed E-state index contributed by atoms with van der Waals surface area (Å²) in [7, 11) is 0. The van der Waals surface area contributed by atoms with Gasteiger partial charge in [-0.15, -0.1) is 0 Å². The van der Waals surface area contributed by atoms with Crippen LogP contribution in [0, 0.1) is 5.82 Å². The van der Waals surface area contributed by atoms with Crippen LogP contribution in [0.1, 0.15) is 13.8 Å². The highest BCUT2D eigenvalue weighted by molar-refractivity contribution is 5.90. The van der Waals surface area contributed by atoms with Gasteiger partial charge in [0.1, 0.15) is 24.3 Å². The molecule has 2 aliphatic heterocycles. The van der Waals surface area contributed by atoms with Crippen LogP contribution in [0.4, 0.5) is 20.7 Å². The van der Waals surface area contributed by atoms with Crippen LogP contribution in [0.3, 0.4) is 0 Å². The number of nitrogens with zero attached hydrogens (tertiary/aromatic N) is 4. The molecule has 0 bridgehead atoms. The lowest BCUT2D eigenvalue weighted by molar-refractivity contribution is -0.141. The lowest BCUT2D eigenvalue weighted by atomic mass is 10.1. The van der Waals surface area contributed by atoms with E-state index in [1.807, 2.05) is 12.1 Å². The Bertz CT molecular complexity index is 1100. The molecule has 0 spiro atoms. The van der Waals surface area contributed by atoms with Crippen molar-refractivity contribution in [1.29, 1.82) is 0 Å². The largest absolute Gasteiger partial charge is 0.465 e. The van der Waals surface area contributed by atoms with E-state index in [0.29, 0.717) is 30.0 Å². The van der Waals surface area contributed by atoms with E-state index in [0.717, 1.165) is 32.0 Å². The monoisotopic (exact) mass is 499 g/mol. The first-order valence-electron chi connectivity index (χ1n) is 11.9. The van der Waals surface area contributed by atoms with Crippen LogP contribution < -0.4 is 15.1 Å². The van der Waals surface area contributed by atoms with Crippen LogP contribution >= 0.6 is 0 Å². The zero-order chi connectivity index (χ0) is 25.7. The number of rotatable bonds is 8. The highest BCUT2D eigenvalue weighted by Crippen LogP contribution is 2.29. The summed E-state index contributed by atoms with van der Waals surface area (Å²) in [6, 6.07) is 8.31. The molecule has 1 atom stereocenters. The van der Waals surface area contributed by atoms with E-state index in [1.54, 1.807) is 18.3 Å². The number of hydrogen-bond acceptors (Lipinski definition) is 8. The number of piperazine rings is 1. The van der Waals surface area contributed by atoms with Crippen molar-refractivity contribution in [3.8, 4) is 11.1 Å². The number of pyridine rings is 1. The second-order valence-electron chi connectivity index (χ2n) is 8.79. The number of esters is 1. The minimum absolute atomic E-state index is 0.208. The summed E-state index contributed by atoms with van der Waals surface area (Å²) in [4.78, 5) is 44.5. The van der Waals surface area contributed by atoms with E-state index in [4.69, 9.17) is 9.47 Å². The molecular formula is C25H30FN5O5. The minimum Gasteiger partial charge on any atom is -0.465 e. The topological polar surface area (TPSA) is 104 Å². The molecule has 0 unspecified atom stereocenters. The van der Waals surface area contributed by atoms with Crippen molar-refractivity contribution in [1.82, 2.24) is 15.2 Å². The summed E-state index contributed by atoms with van der Waals surface area (Å²) in [5.41, 5.74) is 1.41. The fraction of sp³-hybridized carbons (Fsp3) is 0.440. The summed E-state index contributed by atoms with van der Waals surface area (Å²) >= 11 is 0. The maximum atomic E-state index is 15.0.